The molecular formula is C36H29ClF3N5O7. The summed E-state index contributed by atoms with van der Waals surface area (Å²) < 4.78 is 64.7. The maximum atomic E-state index is 14.8. The number of primary amides is 1. The number of benzene rings is 3. The van der Waals surface area contributed by atoms with Crippen LogP contribution in [0.1, 0.15) is 46.9 Å². The normalized spacial score (nSPS) is 20.1. The molecule has 3 aliphatic rings. The molecule has 0 bridgehead atoms. The Morgan fingerprint density at radius 1 is 1.10 bits per heavy atom. The molecule has 8 rings (SSSR count). The molecule has 5 aromatic rings. The molecule has 0 saturated heterocycles. The third-order valence-corrected chi connectivity index (χ3v) is 10.1. The third-order valence-electron chi connectivity index (χ3n) is 9.69. The van der Waals surface area contributed by atoms with E-state index >= 15 is 0 Å². The molecule has 1 saturated carbocycles. The largest absolute Gasteiger partial charge is 0.586 e. The Morgan fingerprint density at radius 2 is 1.85 bits per heavy atom. The van der Waals surface area contributed by atoms with Crippen LogP contribution in [-0.2, 0) is 21.6 Å². The average molecular weight is 736 g/mol. The zero-order valence-corrected chi connectivity index (χ0v) is 28.3. The van der Waals surface area contributed by atoms with E-state index in [2.05, 4.69) is 19.9 Å². The first-order valence-corrected chi connectivity index (χ1v) is 16.4. The van der Waals surface area contributed by atoms with Crippen LogP contribution in [0.2, 0.25) is 5.02 Å². The number of pyridine rings is 1. The van der Waals surface area contributed by atoms with Crippen LogP contribution in [0.3, 0.4) is 0 Å². The Kier molecular flexibility index (Phi) is 7.42. The summed E-state index contributed by atoms with van der Waals surface area (Å²) in [4.78, 5) is 31.4. The van der Waals surface area contributed by atoms with Crippen molar-refractivity contribution in [2.24, 2.45) is 5.73 Å². The topological polar surface area (TPSA) is 160 Å². The summed E-state index contributed by atoms with van der Waals surface area (Å²) in [6, 6.07) is 15.4. The van der Waals surface area contributed by atoms with Gasteiger partial charge in [0.15, 0.2) is 11.5 Å². The first-order valence-electron chi connectivity index (χ1n) is 16.1. The van der Waals surface area contributed by atoms with E-state index in [0.29, 0.717) is 29.3 Å². The van der Waals surface area contributed by atoms with E-state index in [0.717, 1.165) is 0 Å². The molecule has 268 valence electrons. The van der Waals surface area contributed by atoms with Gasteiger partial charge in [0, 0.05) is 41.1 Å². The second kappa shape index (κ2) is 11.5. The number of rotatable bonds is 9. The highest BCUT2D eigenvalue weighted by molar-refractivity contribution is 6.35. The van der Waals surface area contributed by atoms with Gasteiger partial charge in [0.2, 0.25) is 11.7 Å². The molecule has 0 radical (unpaired) electrons. The summed E-state index contributed by atoms with van der Waals surface area (Å²) in [6.45, 7) is 0.907. The monoisotopic (exact) mass is 735 g/mol. The van der Waals surface area contributed by atoms with Gasteiger partial charge >= 0.3 is 6.29 Å². The first kappa shape index (κ1) is 33.6. The van der Waals surface area contributed by atoms with E-state index in [1.165, 1.54) is 48.3 Å². The number of aliphatic hydroxyl groups is 1. The molecule has 2 aromatic heterocycles. The number of hydrogen-bond acceptors (Lipinski definition) is 9. The zero-order chi connectivity index (χ0) is 36.8. The number of alkyl halides is 3. The maximum absolute atomic E-state index is 14.8. The fraction of sp³-hybridized carbons (Fsp3) is 0.278. The Balaban J connectivity index is 1.23. The lowest BCUT2D eigenvalue weighted by atomic mass is 9.80. The molecule has 16 heteroatoms. The van der Waals surface area contributed by atoms with Crippen LogP contribution in [0.5, 0.6) is 23.0 Å². The molecule has 1 fully saturated rings. The molecule has 0 unspecified atom stereocenters. The molecule has 2 atom stereocenters. The van der Waals surface area contributed by atoms with E-state index < -0.39 is 47.2 Å². The number of nitrogens with two attached hydrogens (primary N) is 1. The molecule has 3 aromatic carbocycles. The van der Waals surface area contributed by atoms with Gasteiger partial charge in [0.25, 0.3) is 5.91 Å². The number of halogens is 4. The lowest BCUT2D eigenvalue weighted by molar-refractivity contribution is -0.286. The number of carbonyl (C=O) groups is 2. The van der Waals surface area contributed by atoms with Gasteiger partial charge in [-0.1, -0.05) is 41.9 Å². The SMILES string of the molecule is COc1cc(C(=O)NC[C@@](O)(c2ccccc2)c2cc3c(c(-c4ccc5c(c4Cl)OC(F)(F)O5)n2)OC[C@]3(C)C(N)=O)cc2cn(C3(F)CC3)nc12. The van der Waals surface area contributed by atoms with E-state index in [1.54, 1.807) is 37.3 Å². The summed E-state index contributed by atoms with van der Waals surface area (Å²) >= 11 is 6.62. The minimum absolute atomic E-state index is 0.0155. The number of fused-ring (bicyclic) bond motifs is 3. The fourth-order valence-corrected chi connectivity index (χ4v) is 6.72. The van der Waals surface area contributed by atoms with E-state index in [4.69, 9.17) is 31.8 Å². The van der Waals surface area contributed by atoms with Crippen molar-refractivity contribution >= 4 is 34.3 Å². The predicted molar refractivity (Wildman–Crippen MR) is 179 cm³/mol. The van der Waals surface area contributed by atoms with Gasteiger partial charge in [0.1, 0.15) is 40.3 Å². The standard InChI is InChI=1S/C36H29ClF3N5O7/c1-33(32(41)47)17-50-29-22(33)14-25(43-28(29)21-8-9-23-30(26(21)37)52-36(39,40)51-23)35(48,20-6-4-3-5-7-20)16-42-31(46)18-12-19-15-45(34(38)10-11-34)44-27(19)24(13-18)49-2/h3-9,12-15,48H,10-11,16-17H2,1-2H3,(H2,41,47)(H,42,46)/t33-,35+/m0/s1. The number of hydrogen-bond donors (Lipinski definition) is 3. The van der Waals surface area contributed by atoms with Crippen molar-refractivity contribution in [2.75, 3.05) is 20.3 Å². The van der Waals surface area contributed by atoms with Crippen molar-refractivity contribution in [2.45, 2.75) is 42.9 Å². The Bertz CT molecular complexity index is 2320. The highest BCUT2D eigenvalue weighted by atomic mass is 35.5. The van der Waals surface area contributed by atoms with Gasteiger partial charge in [0.05, 0.1) is 24.4 Å². The van der Waals surface area contributed by atoms with Crippen LogP contribution >= 0.6 is 11.6 Å². The minimum Gasteiger partial charge on any atom is -0.494 e. The molecule has 52 heavy (non-hydrogen) atoms. The van der Waals surface area contributed by atoms with Crippen LogP contribution in [0.15, 0.2) is 66.9 Å². The summed E-state index contributed by atoms with van der Waals surface area (Å²) in [5.74, 6) is -3.35. The lowest BCUT2D eigenvalue weighted by Gasteiger charge is -2.30. The molecule has 0 spiro atoms. The highest BCUT2D eigenvalue weighted by Crippen LogP contribution is 2.53. The second-order valence-electron chi connectivity index (χ2n) is 13.2. The van der Waals surface area contributed by atoms with E-state index in [9.17, 15) is 27.9 Å². The van der Waals surface area contributed by atoms with Crippen molar-refractivity contribution < 1.29 is 46.8 Å². The second-order valence-corrected chi connectivity index (χ2v) is 13.5. The molecule has 2 aliphatic heterocycles. The summed E-state index contributed by atoms with van der Waals surface area (Å²) in [5, 5.41) is 19.9. The number of methoxy groups -OCH3 is 1. The van der Waals surface area contributed by atoms with Crippen LogP contribution in [0, 0.1) is 0 Å². The molecular weight excluding hydrogens is 707 g/mol. The number of nitrogens with zero attached hydrogens (tertiary/aromatic N) is 3. The predicted octanol–water partition coefficient (Wildman–Crippen LogP) is 5.30. The van der Waals surface area contributed by atoms with E-state index in [1.807, 2.05) is 0 Å². The highest BCUT2D eigenvalue weighted by Gasteiger charge is 2.49. The molecule has 2 amide bonds. The Morgan fingerprint density at radius 3 is 2.54 bits per heavy atom. The van der Waals surface area contributed by atoms with Crippen molar-refractivity contribution in [3.63, 3.8) is 0 Å². The van der Waals surface area contributed by atoms with Crippen molar-refractivity contribution in [1.82, 2.24) is 20.1 Å². The lowest BCUT2D eigenvalue weighted by Crippen LogP contribution is -2.43. The number of ether oxygens (including phenoxy) is 4. The summed E-state index contributed by atoms with van der Waals surface area (Å²) in [6.07, 6.45) is -1.79. The first-order chi connectivity index (χ1) is 24.7. The number of nitrogens with one attached hydrogen (secondary N) is 1. The summed E-state index contributed by atoms with van der Waals surface area (Å²) in [5.41, 5.74) is 3.42. The molecule has 4 N–H and O–H groups in total. The molecule has 4 heterocycles. The van der Waals surface area contributed by atoms with Gasteiger partial charge in [-0.2, -0.15) is 5.10 Å². The zero-order valence-electron chi connectivity index (χ0n) is 27.5. The fourth-order valence-electron chi connectivity index (χ4n) is 6.44. The molecule has 1 aliphatic carbocycles. The Labute approximate surface area is 298 Å². The van der Waals surface area contributed by atoms with Crippen LogP contribution in [-0.4, -0.2) is 58.2 Å². The smallest absolute Gasteiger partial charge is 0.494 e. The van der Waals surface area contributed by atoms with Crippen molar-refractivity contribution in [3.8, 4) is 34.3 Å². The van der Waals surface area contributed by atoms with Crippen LogP contribution in [0.4, 0.5) is 13.2 Å². The van der Waals surface area contributed by atoms with Crippen molar-refractivity contribution in [1.29, 1.82) is 0 Å². The van der Waals surface area contributed by atoms with Gasteiger partial charge in [-0.3, -0.25) is 9.59 Å². The number of aromatic nitrogens is 3. The van der Waals surface area contributed by atoms with Crippen LogP contribution < -0.4 is 30.0 Å². The van der Waals surface area contributed by atoms with Crippen LogP contribution in [0.25, 0.3) is 22.2 Å². The van der Waals surface area contributed by atoms with Gasteiger partial charge in [-0.15, -0.1) is 8.78 Å². The maximum Gasteiger partial charge on any atom is 0.586 e. The van der Waals surface area contributed by atoms with Gasteiger partial charge < -0.3 is 35.1 Å². The van der Waals surface area contributed by atoms with Gasteiger partial charge in [-0.25, -0.2) is 14.1 Å². The quantitative estimate of drug-likeness (QED) is 0.183. The number of amides is 2. The third kappa shape index (κ3) is 5.25. The average Bonchev–Trinajstić information content (AvgIpc) is 3.42. The molecule has 12 nitrogen and oxygen atoms in total. The van der Waals surface area contributed by atoms with E-state index in [-0.39, 0.29) is 57.0 Å². The Hall–Kier alpha value is -5.54. The number of carbonyl (C=O) groups excluding carboxylic acids is 2. The minimum atomic E-state index is -3.96. The van der Waals surface area contributed by atoms with Gasteiger partial charge in [-0.05, 0) is 42.8 Å². The summed E-state index contributed by atoms with van der Waals surface area (Å²) in [7, 11) is 1.41. The van der Waals surface area contributed by atoms with Crippen molar-refractivity contribution in [3.05, 3.63) is 94.3 Å².